The summed E-state index contributed by atoms with van der Waals surface area (Å²) in [5.74, 6) is 3.07. The third-order valence-corrected chi connectivity index (χ3v) is 3.39. The lowest BCUT2D eigenvalue weighted by molar-refractivity contribution is 1.46. The average molecular weight is 252 g/mol. The van der Waals surface area contributed by atoms with Crippen LogP contribution in [-0.4, -0.2) is 5.75 Å². The number of hydrogen-bond acceptors (Lipinski definition) is 1. The number of thioether (sulfide) groups is 1. The fourth-order valence-corrected chi connectivity index (χ4v) is 2.15. The van der Waals surface area contributed by atoms with Crippen LogP contribution in [0.2, 0.25) is 15.1 Å². The van der Waals surface area contributed by atoms with Crippen molar-refractivity contribution in [2.75, 3.05) is 5.75 Å². The first-order chi connectivity index (χ1) is 6.15. The van der Waals surface area contributed by atoms with Gasteiger partial charge in [-0.05, 0) is 12.1 Å². The van der Waals surface area contributed by atoms with Gasteiger partial charge in [-0.25, -0.2) is 0 Å². The fourth-order valence-electron chi connectivity index (χ4n) is 0.734. The largest absolute Gasteiger partial charge is 0.119 e. The van der Waals surface area contributed by atoms with E-state index in [4.69, 9.17) is 41.2 Å². The Morgan fingerprint density at radius 3 is 2.38 bits per heavy atom. The summed E-state index contributed by atoms with van der Waals surface area (Å²) in [4.78, 5) is 0.856. The summed E-state index contributed by atoms with van der Waals surface area (Å²) in [7, 11) is 0. The quantitative estimate of drug-likeness (QED) is 0.427. The normalized spacial score (nSPS) is 9.69. The van der Waals surface area contributed by atoms with Gasteiger partial charge in [0.25, 0.3) is 0 Å². The molecule has 0 radical (unpaired) electrons. The Balaban J connectivity index is 2.96. The van der Waals surface area contributed by atoms with Crippen LogP contribution in [0.5, 0.6) is 0 Å². The Hall–Kier alpha value is -0.000000000000000111. The molecule has 4 heteroatoms. The molecule has 0 unspecified atom stereocenters. The van der Waals surface area contributed by atoms with Crippen LogP contribution in [-0.2, 0) is 0 Å². The zero-order valence-electron chi connectivity index (χ0n) is 6.48. The Bertz CT molecular complexity index is 355. The average Bonchev–Trinajstić information content (AvgIpc) is 2.09. The molecular formula is C9H5Cl3S. The highest BCUT2D eigenvalue weighted by Gasteiger charge is 2.05. The molecule has 68 valence electrons. The minimum absolute atomic E-state index is 0.455. The third kappa shape index (κ3) is 3.00. The van der Waals surface area contributed by atoms with Crippen LogP contribution in [0.1, 0.15) is 0 Å². The minimum Gasteiger partial charge on any atom is -0.119 e. The maximum atomic E-state index is 5.90. The van der Waals surface area contributed by atoms with Gasteiger partial charge in [0, 0.05) is 4.90 Å². The summed E-state index contributed by atoms with van der Waals surface area (Å²) >= 11 is 18.9. The summed E-state index contributed by atoms with van der Waals surface area (Å²) < 4.78 is 0. The van der Waals surface area contributed by atoms with Gasteiger partial charge in [-0.2, -0.15) is 0 Å². The third-order valence-electron chi connectivity index (χ3n) is 1.29. The van der Waals surface area contributed by atoms with E-state index in [0.29, 0.717) is 20.8 Å². The molecule has 1 rings (SSSR count). The first kappa shape index (κ1) is 11.1. The van der Waals surface area contributed by atoms with Crippen LogP contribution in [0, 0.1) is 12.3 Å². The van der Waals surface area contributed by atoms with E-state index in [1.807, 2.05) is 0 Å². The molecule has 0 atom stereocenters. The molecule has 0 saturated heterocycles. The monoisotopic (exact) mass is 250 g/mol. The topological polar surface area (TPSA) is 0 Å². The molecule has 0 aliphatic carbocycles. The lowest BCUT2D eigenvalue weighted by atomic mass is 10.4. The van der Waals surface area contributed by atoms with Gasteiger partial charge < -0.3 is 0 Å². The van der Waals surface area contributed by atoms with Gasteiger partial charge in [0.1, 0.15) is 0 Å². The standard InChI is InChI=1S/C9H5Cl3S/c1-2-3-13-9-5-7(11)6(10)4-8(9)12/h1,4-5H,3H2. The highest BCUT2D eigenvalue weighted by atomic mass is 35.5. The van der Waals surface area contributed by atoms with E-state index in [1.165, 1.54) is 11.8 Å². The second-order valence-corrected chi connectivity index (χ2v) is 4.43. The van der Waals surface area contributed by atoms with Gasteiger partial charge >= 0.3 is 0 Å². The summed E-state index contributed by atoms with van der Waals surface area (Å²) in [6.07, 6.45) is 5.12. The molecule has 0 spiro atoms. The summed E-state index contributed by atoms with van der Waals surface area (Å²) in [5, 5.41) is 1.52. The van der Waals surface area contributed by atoms with Crippen molar-refractivity contribution < 1.29 is 0 Å². The summed E-state index contributed by atoms with van der Waals surface area (Å²) in [6, 6.07) is 3.33. The molecule has 0 heterocycles. The van der Waals surface area contributed by atoms with E-state index >= 15 is 0 Å². The Labute approximate surface area is 96.6 Å². The van der Waals surface area contributed by atoms with Crippen LogP contribution >= 0.6 is 46.6 Å². The zero-order valence-corrected chi connectivity index (χ0v) is 9.57. The van der Waals surface area contributed by atoms with Gasteiger partial charge in [0.15, 0.2) is 0 Å². The molecular weight excluding hydrogens is 247 g/mol. The smallest absolute Gasteiger partial charge is 0.0607 e. The minimum atomic E-state index is 0.455. The maximum absolute atomic E-state index is 5.90. The molecule has 0 amide bonds. The molecule has 0 saturated carbocycles. The summed E-state index contributed by atoms with van der Waals surface area (Å²) in [6.45, 7) is 0. The van der Waals surface area contributed by atoms with Crippen molar-refractivity contribution in [1.29, 1.82) is 0 Å². The predicted octanol–water partition coefficient (Wildman–Crippen LogP) is 4.37. The molecule has 13 heavy (non-hydrogen) atoms. The van der Waals surface area contributed by atoms with E-state index in [0.717, 1.165) is 4.90 Å². The van der Waals surface area contributed by atoms with Crippen molar-refractivity contribution in [2.24, 2.45) is 0 Å². The second kappa shape index (κ2) is 5.02. The molecule has 1 aromatic rings. The lowest BCUT2D eigenvalue weighted by Crippen LogP contribution is -1.78. The lowest BCUT2D eigenvalue weighted by Gasteiger charge is -2.03. The molecule has 0 nitrogen and oxygen atoms in total. The van der Waals surface area contributed by atoms with E-state index in [9.17, 15) is 0 Å². The number of benzene rings is 1. The van der Waals surface area contributed by atoms with Crippen LogP contribution in [0.4, 0.5) is 0 Å². The zero-order chi connectivity index (χ0) is 9.84. The van der Waals surface area contributed by atoms with Crippen LogP contribution in [0.25, 0.3) is 0 Å². The van der Waals surface area contributed by atoms with Gasteiger partial charge in [-0.15, -0.1) is 18.2 Å². The number of terminal acetylenes is 1. The highest BCUT2D eigenvalue weighted by Crippen LogP contribution is 2.34. The van der Waals surface area contributed by atoms with Crippen LogP contribution in [0.15, 0.2) is 17.0 Å². The molecule has 1 aromatic carbocycles. The Morgan fingerprint density at radius 1 is 1.15 bits per heavy atom. The number of hydrogen-bond donors (Lipinski definition) is 0. The van der Waals surface area contributed by atoms with Crippen LogP contribution < -0.4 is 0 Å². The molecule has 0 aliphatic heterocycles. The van der Waals surface area contributed by atoms with E-state index < -0.39 is 0 Å². The van der Waals surface area contributed by atoms with Crippen molar-refractivity contribution in [3.8, 4) is 12.3 Å². The van der Waals surface area contributed by atoms with Gasteiger partial charge in [-0.1, -0.05) is 40.7 Å². The summed E-state index contributed by atoms with van der Waals surface area (Å²) in [5.41, 5.74) is 0. The molecule has 0 fully saturated rings. The van der Waals surface area contributed by atoms with Crippen molar-refractivity contribution in [1.82, 2.24) is 0 Å². The SMILES string of the molecule is C#CCSc1cc(Cl)c(Cl)cc1Cl. The molecule has 0 N–H and O–H groups in total. The molecule has 0 aliphatic rings. The van der Waals surface area contributed by atoms with Crippen molar-refractivity contribution >= 4 is 46.6 Å². The molecule has 0 bridgehead atoms. The molecule has 0 aromatic heterocycles. The van der Waals surface area contributed by atoms with Gasteiger partial charge in [0.05, 0.1) is 20.8 Å². The first-order valence-electron chi connectivity index (χ1n) is 3.36. The van der Waals surface area contributed by atoms with Gasteiger partial charge in [0.2, 0.25) is 0 Å². The van der Waals surface area contributed by atoms with E-state index in [-0.39, 0.29) is 0 Å². The number of rotatable bonds is 2. The Kier molecular flexibility index (Phi) is 4.28. The maximum Gasteiger partial charge on any atom is 0.0607 e. The Morgan fingerprint density at radius 2 is 1.77 bits per heavy atom. The first-order valence-corrected chi connectivity index (χ1v) is 5.48. The number of halogens is 3. The predicted molar refractivity (Wildman–Crippen MR) is 61.0 cm³/mol. The van der Waals surface area contributed by atoms with Gasteiger partial charge in [-0.3, -0.25) is 0 Å². The second-order valence-electron chi connectivity index (χ2n) is 2.19. The van der Waals surface area contributed by atoms with E-state index in [2.05, 4.69) is 5.92 Å². The fraction of sp³-hybridized carbons (Fsp3) is 0.111. The van der Waals surface area contributed by atoms with Crippen molar-refractivity contribution in [2.45, 2.75) is 4.90 Å². The van der Waals surface area contributed by atoms with Crippen molar-refractivity contribution in [3.05, 3.63) is 27.2 Å². The van der Waals surface area contributed by atoms with E-state index in [1.54, 1.807) is 12.1 Å². The highest BCUT2D eigenvalue weighted by molar-refractivity contribution is 7.99. The van der Waals surface area contributed by atoms with Crippen molar-refractivity contribution in [3.63, 3.8) is 0 Å². The van der Waals surface area contributed by atoms with Crippen LogP contribution in [0.3, 0.4) is 0 Å².